The van der Waals surface area contributed by atoms with E-state index in [1.165, 1.54) is 0 Å². The monoisotopic (exact) mass is 430 g/mol. The Bertz CT molecular complexity index is 869. The third-order valence-electron chi connectivity index (χ3n) is 4.68. The van der Waals surface area contributed by atoms with Gasteiger partial charge in [0.2, 0.25) is 5.91 Å². The molecule has 0 radical (unpaired) electrons. The van der Waals surface area contributed by atoms with Crippen LogP contribution in [-0.2, 0) is 4.79 Å². The zero-order chi connectivity index (χ0) is 17.9. The average Bonchev–Trinajstić information content (AvgIpc) is 3.12. The van der Waals surface area contributed by atoms with Gasteiger partial charge in [0.05, 0.1) is 5.75 Å². The number of para-hydroxylation sites is 2. The lowest BCUT2D eigenvalue weighted by atomic mass is 9.97. The largest absolute Gasteiger partial charge is 0.440 e. The highest BCUT2D eigenvalue weighted by Crippen LogP contribution is 2.30. The molecule has 0 bridgehead atoms. The number of oxazole rings is 1. The van der Waals surface area contributed by atoms with Crippen LogP contribution in [0.25, 0.3) is 11.1 Å². The Hall–Kier alpha value is -1.79. The first kappa shape index (κ1) is 17.6. The van der Waals surface area contributed by atoms with Crippen LogP contribution in [0.3, 0.4) is 0 Å². The van der Waals surface area contributed by atoms with E-state index in [0.717, 1.165) is 52.3 Å². The van der Waals surface area contributed by atoms with Crippen molar-refractivity contribution in [3.63, 3.8) is 0 Å². The van der Waals surface area contributed by atoms with Gasteiger partial charge in [0.15, 0.2) is 11.5 Å². The van der Waals surface area contributed by atoms with Gasteiger partial charge in [-0.3, -0.25) is 4.79 Å². The fraction of sp³-hybridized carbons (Fsp3) is 0.300. The number of nitrogens with zero attached hydrogens (tertiary/aromatic N) is 2. The Balaban J connectivity index is 1.31. The standard InChI is InChI=1S/C20H19BrN2O2S/c21-15-5-7-16(8-6-15)26-13-19(24)23-11-9-14(10-12-23)20-22-17-3-1-2-4-18(17)25-20/h1-8,14H,9-13H2. The molecule has 0 N–H and O–H groups in total. The van der Waals surface area contributed by atoms with Gasteiger partial charge in [0, 0.05) is 28.4 Å². The van der Waals surface area contributed by atoms with Crippen LogP contribution < -0.4 is 0 Å². The van der Waals surface area contributed by atoms with Crippen molar-refractivity contribution in [3.8, 4) is 0 Å². The maximum Gasteiger partial charge on any atom is 0.232 e. The molecule has 0 saturated carbocycles. The SMILES string of the molecule is O=C(CSc1ccc(Br)cc1)N1CCC(c2nc3ccccc3o2)CC1. The number of benzene rings is 2. The second-order valence-electron chi connectivity index (χ2n) is 6.42. The van der Waals surface area contributed by atoms with Crippen LogP contribution in [0.15, 0.2) is 62.3 Å². The Morgan fingerprint density at radius 2 is 1.88 bits per heavy atom. The summed E-state index contributed by atoms with van der Waals surface area (Å²) in [6, 6.07) is 15.9. The molecule has 1 aromatic heterocycles. The summed E-state index contributed by atoms with van der Waals surface area (Å²) in [7, 11) is 0. The number of aromatic nitrogens is 1. The molecule has 3 aromatic rings. The summed E-state index contributed by atoms with van der Waals surface area (Å²) in [5.41, 5.74) is 1.75. The highest BCUT2D eigenvalue weighted by molar-refractivity contribution is 9.10. The second-order valence-corrected chi connectivity index (χ2v) is 8.38. The summed E-state index contributed by atoms with van der Waals surface area (Å²) in [6.45, 7) is 1.53. The molecule has 1 saturated heterocycles. The lowest BCUT2D eigenvalue weighted by Gasteiger charge is -2.30. The topological polar surface area (TPSA) is 46.3 Å². The first-order valence-corrected chi connectivity index (χ1v) is 10.5. The van der Waals surface area contributed by atoms with Gasteiger partial charge in [-0.25, -0.2) is 4.98 Å². The quantitative estimate of drug-likeness (QED) is 0.540. The van der Waals surface area contributed by atoms with E-state index in [9.17, 15) is 4.79 Å². The Kier molecular flexibility index (Phi) is 5.31. The number of rotatable bonds is 4. The molecular formula is C20H19BrN2O2S. The molecule has 0 atom stereocenters. The molecule has 2 aromatic carbocycles. The van der Waals surface area contributed by atoms with E-state index in [1.807, 2.05) is 53.4 Å². The third-order valence-corrected chi connectivity index (χ3v) is 6.21. The van der Waals surface area contributed by atoms with Crippen LogP contribution in [0.2, 0.25) is 0 Å². The number of amides is 1. The summed E-state index contributed by atoms with van der Waals surface area (Å²) in [6.07, 6.45) is 1.81. The van der Waals surface area contributed by atoms with Gasteiger partial charge in [-0.2, -0.15) is 0 Å². The van der Waals surface area contributed by atoms with E-state index in [2.05, 4.69) is 20.9 Å². The van der Waals surface area contributed by atoms with Gasteiger partial charge < -0.3 is 9.32 Å². The van der Waals surface area contributed by atoms with Gasteiger partial charge in [0.1, 0.15) is 5.52 Å². The minimum absolute atomic E-state index is 0.203. The first-order valence-electron chi connectivity index (χ1n) is 8.70. The predicted molar refractivity (Wildman–Crippen MR) is 107 cm³/mol. The number of carbonyl (C=O) groups is 1. The van der Waals surface area contributed by atoms with Crippen LogP contribution in [0.4, 0.5) is 0 Å². The number of thioether (sulfide) groups is 1. The number of fused-ring (bicyclic) bond motifs is 1. The molecule has 1 fully saturated rings. The van der Waals surface area contributed by atoms with Crippen LogP contribution in [-0.4, -0.2) is 34.6 Å². The third kappa shape index (κ3) is 3.96. The number of hydrogen-bond donors (Lipinski definition) is 0. The zero-order valence-electron chi connectivity index (χ0n) is 14.2. The van der Waals surface area contributed by atoms with E-state index < -0.39 is 0 Å². The molecule has 1 amide bonds. The Morgan fingerprint density at radius 1 is 1.15 bits per heavy atom. The van der Waals surface area contributed by atoms with Crippen molar-refractivity contribution in [2.45, 2.75) is 23.7 Å². The fourth-order valence-corrected chi connectivity index (χ4v) is 4.27. The number of piperidine rings is 1. The molecule has 4 rings (SSSR count). The normalized spacial score (nSPS) is 15.5. The first-order chi connectivity index (χ1) is 12.7. The van der Waals surface area contributed by atoms with Gasteiger partial charge in [-0.05, 0) is 49.2 Å². The van der Waals surface area contributed by atoms with E-state index in [0.29, 0.717) is 11.7 Å². The number of hydrogen-bond acceptors (Lipinski definition) is 4. The molecule has 0 aliphatic carbocycles. The van der Waals surface area contributed by atoms with Crippen molar-refractivity contribution < 1.29 is 9.21 Å². The van der Waals surface area contributed by atoms with Crippen molar-refractivity contribution >= 4 is 44.7 Å². The highest BCUT2D eigenvalue weighted by Gasteiger charge is 2.26. The smallest absolute Gasteiger partial charge is 0.232 e. The molecule has 0 spiro atoms. The van der Waals surface area contributed by atoms with E-state index in [-0.39, 0.29) is 5.91 Å². The summed E-state index contributed by atoms with van der Waals surface area (Å²) in [5.74, 6) is 1.79. The molecule has 4 nitrogen and oxygen atoms in total. The Labute approximate surface area is 165 Å². The summed E-state index contributed by atoms with van der Waals surface area (Å²) >= 11 is 5.01. The van der Waals surface area contributed by atoms with Crippen molar-refractivity contribution in [2.24, 2.45) is 0 Å². The number of likely N-dealkylation sites (tertiary alicyclic amines) is 1. The van der Waals surface area contributed by atoms with E-state index >= 15 is 0 Å². The maximum atomic E-state index is 12.5. The molecule has 6 heteroatoms. The fourth-order valence-electron chi connectivity index (χ4n) is 3.21. The van der Waals surface area contributed by atoms with Gasteiger partial charge >= 0.3 is 0 Å². The molecule has 26 heavy (non-hydrogen) atoms. The number of halogens is 1. The average molecular weight is 431 g/mol. The Morgan fingerprint density at radius 3 is 2.62 bits per heavy atom. The molecule has 1 aliphatic rings. The van der Waals surface area contributed by atoms with Crippen molar-refractivity contribution in [1.29, 1.82) is 0 Å². The molecule has 0 unspecified atom stereocenters. The van der Waals surface area contributed by atoms with Crippen molar-refractivity contribution in [2.75, 3.05) is 18.8 Å². The molecule has 2 heterocycles. The predicted octanol–water partition coefficient (Wildman–Crippen LogP) is 5.09. The molecule has 1 aliphatic heterocycles. The van der Waals surface area contributed by atoms with Crippen LogP contribution in [0, 0.1) is 0 Å². The van der Waals surface area contributed by atoms with E-state index in [4.69, 9.17) is 4.42 Å². The lowest BCUT2D eigenvalue weighted by Crippen LogP contribution is -2.39. The summed E-state index contributed by atoms with van der Waals surface area (Å²) < 4.78 is 6.95. The summed E-state index contributed by atoms with van der Waals surface area (Å²) in [5, 5.41) is 0. The minimum Gasteiger partial charge on any atom is -0.440 e. The zero-order valence-corrected chi connectivity index (χ0v) is 16.6. The summed E-state index contributed by atoms with van der Waals surface area (Å²) in [4.78, 5) is 20.2. The molecular weight excluding hydrogens is 412 g/mol. The van der Waals surface area contributed by atoms with Gasteiger partial charge in [0.25, 0.3) is 0 Å². The number of carbonyl (C=O) groups excluding carboxylic acids is 1. The highest BCUT2D eigenvalue weighted by atomic mass is 79.9. The van der Waals surface area contributed by atoms with Crippen LogP contribution in [0.1, 0.15) is 24.7 Å². The minimum atomic E-state index is 0.203. The van der Waals surface area contributed by atoms with E-state index in [1.54, 1.807) is 11.8 Å². The molecule has 134 valence electrons. The van der Waals surface area contributed by atoms with Crippen molar-refractivity contribution in [1.82, 2.24) is 9.88 Å². The van der Waals surface area contributed by atoms with Crippen molar-refractivity contribution in [3.05, 3.63) is 58.9 Å². The van der Waals surface area contributed by atoms with Gasteiger partial charge in [-0.1, -0.05) is 28.1 Å². The van der Waals surface area contributed by atoms with Gasteiger partial charge in [-0.15, -0.1) is 11.8 Å². The lowest BCUT2D eigenvalue weighted by molar-refractivity contribution is -0.129. The van der Waals surface area contributed by atoms with Crippen LogP contribution in [0.5, 0.6) is 0 Å². The second kappa shape index (κ2) is 7.84. The maximum absolute atomic E-state index is 12.5. The van der Waals surface area contributed by atoms with Crippen LogP contribution >= 0.6 is 27.7 Å².